The molecule has 0 spiro atoms. The second-order valence-corrected chi connectivity index (χ2v) is 6.82. The maximum absolute atomic E-state index is 12.4. The Morgan fingerprint density at radius 1 is 1.35 bits per heavy atom. The van der Waals surface area contributed by atoms with Crippen LogP contribution >= 0.6 is 11.6 Å². The third-order valence-electron chi connectivity index (χ3n) is 2.91. The van der Waals surface area contributed by atoms with Crippen LogP contribution < -0.4 is 4.72 Å². The Hall–Kier alpha value is -1.11. The molecule has 1 atom stereocenters. The molecule has 1 rings (SSSR count). The van der Waals surface area contributed by atoms with Gasteiger partial charge in [-0.2, -0.15) is 4.72 Å². The van der Waals surface area contributed by atoms with Crippen molar-refractivity contribution in [2.75, 3.05) is 7.11 Å². The topological polar surface area (TPSA) is 72.5 Å². The molecule has 0 bridgehead atoms. The summed E-state index contributed by atoms with van der Waals surface area (Å²) in [5, 5.41) is 0.354. The zero-order valence-corrected chi connectivity index (χ0v) is 13.4. The quantitative estimate of drug-likeness (QED) is 0.844. The molecular formula is C13H18ClNO4S. The van der Waals surface area contributed by atoms with Crippen molar-refractivity contribution in [3.8, 4) is 0 Å². The van der Waals surface area contributed by atoms with Crippen LogP contribution in [0, 0.1) is 12.8 Å². The molecule has 20 heavy (non-hydrogen) atoms. The largest absolute Gasteiger partial charge is 0.468 e. The van der Waals surface area contributed by atoms with Crippen molar-refractivity contribution in [2.24, 2.45) is 5.92 Å². The van der Waals surface area contributed by atoms with E-state index in [9.17, 15) is 13.2 Å². The van der Waals surface area contributed by atoms with Gasteiger partial charge in [0.25, 0.3) is 0 Å². The van der Waals surface area contributed by atoms with Crippen molar-refractivity contribution in [1.29, 1.82) is 0 Å². The molecule has 0 aliphatic heterocycles. The summed E-state index contributed by atoms with van der Waals surface area (Å²) in [6.45, 7) is 5.07. The Balaban J connectivity index is 3.17. The molecule has 0 amide bonds. The number of rotatable bonds is 5. The van der Waals surface area contributed by atoms with Crippen LogP contribution in [0.5, 0.6) is 0 Å². The average molecular weight is 320 g/mol. The summed E-state index contributed by atoms with van der Waals surface area (Å²) in [6, 6.07) is 3.66. The standard InChI is InChI=1S/C13H18ClNO4S/c1-8(2)12(13(16)19-4)15-20(17,18)11-7-5-6-10(14)9(11)3/h5-8,12,15H,1-4H3. The molecule has 1 unspecified atom stereocenters. The number of halogens is 1. The predicted molar refractivity (Wildman–Crippen MR) is 77.2 cm³/mol. The van der Waals surface area contributed by atoms with E-state index in [1.165, 1.54) is 13.2 Å². The van der Waals surface area contributed by atoms with Gasteiger partial charge in [-0.05, 0) is 30.5 Å². The van der Waals surface area contributed by atoms with Gasteiger partial charge in [-0.25, -0.2) is 8.42 Å². The van der Waals surface area contributed by atoms with Crippen LogP contribution in [0.1, 0.15) is 19.4 Å². The minimum atomic E-state index is -3.85. The molecular weight excluding hydrogens is 302 g/mol. The van der Waals surface area contributed by atoms with Gasteiger partial charge in [0.05, 0.1) is 12.0 Å². The van der Waals surface area contributed by atoms with Gasteiger partial charge in [0, 0.05) is 5.02 Å². The van der Waals surface area contributed by atoms with Crippen LogP contribution in [0.4, 0.5) is 0 Å². The number of esters is 1. The van der Waals surface area contributed by atoms with Crippen molar-refractivity contribution in [3.63, 3.8) is 0 Å². The highest BCUT2D eigenvalue weighted by molar-refractivity contribution is 7.89. The third kappa shape index (κ3) is 3.71. The van der Waals surface area contributed by atoms with Crippen LogP contribution in [0.2, 0.25) is 5.02 Å². The molecule has 0 fully saturated rings. The molecule has 0 aromatic heterocycles. The first-order valence-electron chi connectivity index (χ1n) is 6.06. The number of benzene rings is 1. The number of carbonyl (C=O) groups is 1. The number of hydrogen-bond acceptors (Lipinski definition) is 4. The van der Waals surface area contributed by atoms with E-state index in [0.29, 0.717) is 10.6 Å². The lowest BCUT2D eigenvalue weighted by molar-refractivity contribution is -0.143. The summed E-state index contributed by atoms with van der Waals surface area (Å²) in [4.78, 5) is 11.7. The Morgan fingerprint density at radius 2 is 1.95 bits per heavy atom. The molecule has 0 heterocycles. The number of hydrogen-bond donors (Lipinski definition) is 1. The number of ether oxygens (including phenoxy) is 1. The summed E-state index contributed by atoms with van der Waals surface area (Å²) in [5.74, 6) is -0.861. The van der Waals surface area contributed by atoms with Gasteiger partial charge in [-0.15, -0.1) is 0 Å². The fourth-order valence-electron chi connectivity index (χ4n) is 1.69. The maximum atomic E-state index is 12.4. The second kappa shape index (κ2) is 6.56. The minimum absolute atomic E-state index is 0.0551. The molecule has 0 aliphatic carbocycles. The van der Waals surface area contributed by atoms with E-state index < -0.39 is 22.0 Å². The van der Waals surface area contributed by atoms with Gasteiger partial charge < -0.3 is 4.74 Å². The monoisotopic (exact) mass is 319 g/mol. The summed E-state index contributed by atoms with van der Waals surface area (Å²) < 4.78 is 31.7. The van der Waals surface area contributed by atoms with E-state index in [1.807, 2.05) is 0 Å². The first-order valence-corrected chi connectivity index (χ1v) is 7.92. The fourth-order valence-corrected chi connectivity index (χ4v) is 3.52. The Bertz CT molecular complexity index is 598. The van der Waals surface area contributed by atoms with Crippen LogP contribution in [0.25, 0.3) is 0 Å². The van der Waals surface area contributed by atoms with Crippen molar-refractivity contribution < 1.29 is 17.9 Å². The van der Waals surface area contributed by atoms with Crippen LogP contribution in [0.3, 0.4) is 0 Å². The molecule has 0 saturated carbocycles. The Labute approximate surface area is 124 Å². The van der Waals surface area contributed by atoms with Gasteiger partial charge in [-0.1, -0.05) is 31.5 Å². The van der Waals surface area contributed by atoms with E-state index in [4.69, 9.17) is 11.6 Å². The number of nitrogens with one attached hydrogen (secondary N) is 1. The highest BCUT2D eigenvalue weighted by atomic mass is 35.5. The van der Waals surface area contributed by atoms with Gasteiger partial charge in [0.1, 0.15) is 6.04 Å². The third-order valence-corrected chi connectivity index (χ3v) is 4.91. The lowest BCUT2D eigenvalue weighted by atomic mass is 10.1. The summed E-state index contributed by atoms with van der Waals surface area (Å²) in [6.07, 6.45) is 0. The predicted octanol–water partition coefficient (Wildman–Crippen LogP) is 2.12. The van der Waals surface area contributed by atoms with Gasteiger partial charge in [-0.3, -0.25) is 4.79 Å². The lowest BCUT2D eigenvalue weighted by Crippen LogP contribution is -2.45. The highest BCUT2D eigenvalue weighted by Crippen LogP contribution is 2.23. The highest BCUT2D eigenvalue weighted by Gasteiger charge is 2.30. The van der Waals surface area contributed by atoms with Crippen LogP contribution in [-0.4, -0.2) is 27.5 Å². The maximum Gasteiger partial charge on any atom is 0.324 e. The molecule has 0 saturated heterocycles. The zero-order valence-electron chi connectivity index (χ0n) is 11.8. The molecule has 112 valence electrons. The van der Waals surface area contributed by atoms with Crippen LogP contribution in [-0.2, 0) is 19.6 Å². The molecule has 1 aromatic rings. The SMILES string of the molecule is COC(=O)C(NS(=O)(=O)c1cccc(Cl)c1C)C(C)C. The first-order chi connectivity index (χ1) is 9.20. The molecule has 1 N–H and O–H groups in total. The fraction of sp³-hybridized carbons (Fsp3) is 0.462. The van der Waals surface area contributed by atoms with E-state index in [-0.39, 0.29) is 10.8 Å². The summed E-state index contributed by atoms with van der Waals surface area (Å²) >= 11 is 5.92. The average Bonchev–Trinajstić information content (AvgIpc) is 2.37. The Morgan fingerprint density at radius 3 is 2.45 bits per heavy atom. The van der Waals surface area contributed by atoms with E-state index in [0.717, 1.165) is 0 Å². The first kappa shape index (κ1) is 16.9. The van der Waals surface area contributed by atoms with Gasteiger partial charge in [0.15, 0.2) is 0 Å². The van der Waals surface area contributed by atoms with Crippen LogP contribution in [0.15, 0.2) is 23.1 Å². The van der Waals surface area contributed by atoms with Gasteiger partial charge >= 0.3 is 5.97 Å². The lowest BCUT2D eigenvalue weighted by Gasteiger charge is -2.20. The van der Waals surface area contributed by atoms with Crippen molar-refractivity contribution in [2.45, 2.75) is 31.7 Å². The normalized spacial score (nSPS) is 13.3. The second-order valence-electron chi connectivity index (χ2n) is 4.73. The number of sulfonamides is 1. The van der Waals surface area contributed by atoms with Gasteiger partial charge in [0.2, 0.25) is 10.0 Å². The molecule has 5 nitrogen and oxygen atoms in total. The van der Waals surface area contributed by atoms with Crippen molar-refractivity contribution in [3.05, 3.63) is 28.8 Å². The Kier molecular flexibility index (Phi) is 5.56. The molecule has 1 aromatic carbocycles. The smallest absolute Gasteiger partial charge is 0.324 e. The molecule has 7 heteroatoms. The van der Waals surface area contributed by atoms with E-state index in [1.54, 1.807) is 32.9 Å². The zero-order chi connectivity index (χ0) is 15.5. The van der Waals surface area contributed by atoms with Crippen molar-refractivity contribution in [1.82, 2.24) is 4.72 Å². The van der Waals surface area contributed by atoms with E-state index in [2.05, 4.69) is 9.46 Å². The summed E-state index contributed by atoms with van der Waals surface area (Å²) in [7, 11) is -2.63. The molecule has 0 radical (unpaired) electrons. The summed E-state index contributed by atoms with van der Waals surface area (Å²) in [5.41, 5.74) is 0.439. The van der Waals surface area contributed by atoms with E-state index >= 15 is 0 Å². The number of carbonyl (C=O) groups excluding carboxylic acids is 1. The van der Waals surface area contributed by atoms with Crippen molar-refractivity contribution >= 4 is 27.6 Å². The minimum Gasteiger partial charge on any atom is -0.468 e. The molecule has 0 aliphatic rings. The number of methoxy groups -OCH3 is 1.